The minimum atomic E-state index is -0.830. The lowest BCUT2D eigenvalue weighted by atomic mass is 9.80. The summed E-state index contributed by atoms with van der Waals surface area (Å²) in [6.07, 6.45) is 0.374. The first kappa shape index (κ1) is 18.2. The fourth-order valence-corrected chi connectivity index (χ4v) is 2.98. The number of amides is 1. The summed E-state index contributed by atoms with van der Waals surface area (Å²) in [5, 5.41) is 23.5. The highest BCUT2D eigenvalue weighted by atomic mass is 19.1. The Hall–Kier alpha value is -3.14. The average molecular weight is 390 g/mol. The van der Waals surface area contributed by atoms with Gasteiger partial charge in [-0.1, -0.05) is 5.16 Å². The van der Waals surface area contributed by atoms with Crippen LogP contribution in [0.1, 0.15) is 54.1 Å². The minimum Gasteiger partial charge on any atom is -0.422 e. The molecule has 8 nitrogen and oxygen atoms in total. The fraction of sp³-hybridized carbons (Fsp3) is 0.333. The summed E-state index contributed by atoms with van der Waals surface area (Å²) in [4.78, 5) is 12.3. The van der Waals surface area contributed by atoms with Gasteiger partial charge in [-0.25, -0.2) is 8.78 Å². The Labute approximate surface area is 157 Å². The summed E-state index contributed by atoms with van der Waals surface area (Å²) in [6.45, 7) is 1.53. The maximum atomic E-state index is 13.8. The van der Waals surface area contributed by atoms with E-state index in [0.717, 1.165) is 12.1 Å². The van der Waals surface area contributed by atoms with Gasteiger partial charge in [-0.3, -0.25) is 4.79 Å². The molecule has 0 unspecified atom stereocenters. The van der Waals surface area contributed by atoms with Crippen LogP contribution in [0.25, 0.3) is 11.3 Å². The van der Waals surface area contributed by atoms with Crippen molar-refractivity contribution in [3.05, 3.63) is 53.4 Å². The Balaban J connectivity index is 1.36. The molecule has 0 aliphatic heterocycles. The van der Waals surface area contributed by atoms with Crippen molar-refractivity contribution >= 4 is 5.91 Å². The van der Waals surface area contributed by atoms with Gasteiger partial charge < -0.3 is 19.4 Å². The van der Waals surface area contributed by atoms with Crippen LogP contribution in [0.15, 0.2) is 33.2 Å². The summed E-state index contributed by atoms with van der Waals surface area (Å²) >= 11 is 0. The molecule has 1 aromatic carbocycles. The lowest BCUT2D eigenvalue weighted by Crippen LogP contribution is -2.43. The van der Waals surface area contributed by atoms with E-state index >= 15 is 0 Å². The molecule has 146 valence electrons. The lowest BCUT2D eigenvalue weighted by molar-refractivity contribution is 0.0892. The molecule has 4 rings (SSSR count). The summed E-state index contributed by atoms with van der Waals surface area (Å²) < 4.78 is 37.2. The van der Waals surface area contributed by atoms with Crippen LogP contribution in [-0.2, 0) is 0 Å². The van der Waals surface area contributed by atoms with E-state index in [2.05, 4.69) is 20.7 Å². The molecule has 2 aromatic heterocycles. The van der Waals surface area contributed by atoms with Gasteiger partial charge in [-0.2, -0.15) is 0 Å². The number of benzene rings is 1. The lowest BCUT2D eigenvalue weighted by Gasteiger charge is -2.33. The fourth-order valence-electron chi connectivity index (χ4n) is 2.98. The summed E-state index contributed by atoms with van der Waals surface area (Å²) in [7, 11) is 0. The number of aromatic nitrogens is 3. The number of hydrogen-bond donors (Lipinski definition) is 2. The molecule has 3 aromatic rings. The van der Waals surface area contributed by atoms with Crippen LogP contribution in [0.3, 0.4) is 0 Å². The second-order valence-corrected chi connectivity index (χ2v) is 6.69. The monoisotopic (exact) mass is 390 g/mol. The molecule has 0 radical (unpaired) electrons. The number of carbonyl (C=O) groups excluding carboxylic acids is 1. The van der Waals surface area contributed by atoms with Crippen molar-refractivity contribution in [1.82, 2.24) is 20.7 Å². The SMILES string of the molecule is C[C@@H](O)c1nnc([C@H]2C[C@@H](NC(=O)c3cc(-c4ccc(F)cc4F)on3)C2)o1. The third kappa shape index (κ3) is 3.50. The number of nitrogens with one attached hydrogen (secondary N) is 1. The largest absolute Gasteiger partial charge is 0.422 e. The van der Waals surface area contributed by atoms with Crippen LogP contribution < -0.4 is 5.32 Å². The molecule has 1 saturated carbocycles. The first-order valence-electron chi connectivity index (χ1n) is 8.65. The zero-order chi connectivity index (χ0) is 19.8. The van der Waals surface area contributed by atoms with E-state index in [1.54, 1.807) is 0 Å². The van der Waals surface area contributed by atoms with Crippen molar-refractivity contribution in [2.45, 2.75) is 37.8 Å². The van der Waals surface area contributed by atoms with Gasteiger partial charge in [-0.05, 0) is 31.9 Å². The number of carbonyl (C=O) groups is 1. The Bertz CT molecular complexity index is 1010. The normalized spacial score (nSPS) is 19.9. The quantitative estimate of drug-likeness (QED) is 0.688. The van der Waals surface area contributed by atoms with E-state index in [-0.39, 0.29) is 34.9 Å². The van der Waals surface area contributed by atoms with Gasteiger partial charge in [-0.15, -0.1) is 10.2 Å². The molecule has 28 heavy (non-hydrogen) atoms. The molecule has 1 aliphatic rings. The van der Waals surface area contributed by atoms with Gasteiger partial charge >= 0.3 is 0 Å². The van der Waals surface area contributed by atoms with E-state index in [9.17, 15) is 18.7 Å². The highest BCUT2D eigenvalue weighted by Gasteiger charge is 2.36. The minimum absolute atomic E-state index is 0.00337. The highest BCUT2D eigenvalue weighted by molar-refractivity contribution is 5.93. The third-order valence-electron chi connectivity index (χ3n) is 4.58. The number of rotatable bonds is 5. The standard InChI is InChI=1S/C18H16F2N4O4/c1-8(25)17-22-23-18(27-17)9-4-11(5-9)21-16(26)14-7-15(28-24-14)12-3-2-10(19)6-13(12)20/h2-3,6-9,11,25H,4-5H2,1H3,(H,21,26)/t8-,9-,11+/m1/s1. The van der Waals surface area contributed by atoms with Crippen LogP contribution in [0, 0.1) is 11.6 Å². The van der Waals surface area contributed by atoms with Crippen molar-refractivity contribution in [3.63, 3.8) is 0 Å². The molecule has 1 aliphatic carbocycles. The molecule has 2 N–H and O–H groups in total. The summed E-state index contributed by atoms with van der Waals surface area (Å²) in [5.41, 5.74) is 0.0123. The van der Waals surface area contributed by atoms with Crippen molar-refractivity contribution in [2.24, 2.45) is 0 Å². The van der Waals surface area contributed by atoms with Gasteiger partial charge in [0.05, 0.1) is 5.56 Å². The van der Waals surface area contributed by atoms with Gasteiger partial charge in [0.1, 0.15) is 17.7 Å². The predicted octanol–water partition coefficient (Wildman–Crippen LogP) is 2.73. The summed E-state index contributed by atoms with van der Waals surface area (Å²) in [5.74, 6) is -1.35. The Morgan fingerprint density at radius 3 is 2.75 bits per heavy atom. The zero-order valence-corrected chi connectivity index (χ0v) is 14.7. The zero-order valence-electron chi connectivity index (χ0n) is 14.7. The highest BCUT2D eigenvalue weighted by Crippen LogP contribution is 2.36. The topological polar surface area (TPSA) is 114 Å². The van der Waals surface area contributed by atoms with Crippen molar-refractivity contribution in [2.75, 3.05) is 0 Å². The van der Waals surface area contributed by atoms with Crippen LogP contribution in [0.4, 0.5) is 8.78 Å². The molecule has 1 atom stereocenters. The maximum absolute atomic E-state index is 13.8. The average Bonchev–Trinajstić information content (AvgIpc) is 3.27. The maximum Gasteiger partial charge on any atom is 0.273 e. The summed E-state index contributed by atoms with van der Waals surface area (Å²) in [6, 6.07) is 4.23. The Kier molecular flexibility index (Phi) is 4.63. The van der Waals surface area contributed by atoms with Crippen LogP contribution in [-0.4, -0.2) is 32.4 Å². The van der Waals surface area contributed by atoms with Crippen molar-refractivity contribution in [3.8, 4) is 11.3 Å². The predicted molar refractivity (Wildman–Crippen MR) is 90.0 cm³/mol. The number of halogens is 2. The second-order valence-electron chi connectivity index (χ2n) is 6.69. The third-order valence-corrected chi connectivity index (χ3v) is 4.58. The van der Waals surface area contributed by atoms with E-state index in [4.69, 9.17) is 8.94 Å². The van der Waals surface area contributed by atoms with Gasteiger partial charge in [0.2, 0.25) is 11.8 Å². The molecule has 1 fully saturated rings. The molecular weight excluding hydrogens is 374 g/mol. The number of aliphatic hydroxyl groups is 1. The van der Waals surface area contributed by atoms with Gasteiger partial charge in [0, 0.05) is 24.1 Å². The molecule has 10 heteroatoms. The first-order valence-corrected chi connectivity index (χ1v) is 8.65. The van der Waals surface area contributed by atoms with Crippen molar-refractivity contribution < 1.29 is 27.6 Å². The first-order chi connectivity index (χ1) is 13.4. The Morgan fingerprint density at radius 2 is 2.07 bits per heavy atom. The Morgan fingerprint density at radius 1 is 1.29 bits per heavy atom. The second kappa shape index (κ2) is 7.12. The number of nitrogens with zero attached hydrogens (tertiary/aromatic N) is 3. The molecule has 0 saturated heterocycles. The molecule has 0 bridgehead atoms. The van der Waals surface area contributed by atoms with Crippen LogP contribution >= 0.6 is 0 Å². The van der Waals surface area contributed by atoms with Gasteiger partial charge in [0.15, 0.2) is 11.5 Å². The molecular formula is C18H16F2N4O4. The van der Waals surface area contributed by atoms with Crippen molar-refractivity contribution in [1.29, 1.82) is 0 Å². The van der Waals surface area contributed by atoms with Crippen LogP contribution in [0.5, 0.6) is 0 Å². The number of hydrogen-bond acceptors (Lipinski definition) is 7. The van der Waals surface area contributed by atoms with Crippen LogP contribution in [0.2, 0.25) is 0 Å². The van der Waals surface area contributed by atoms with E-state index in [0.29, 0.717) is 18.7 Å². The van der Waals surface area contributed by atoms with E-state index in [1.807, 2.05) is 0 Å². The number of aliphatic hydroxyl groups excluding tert-OH is 1. The van der Waals surface area contributed by atoms with E-state index in [1.165, 1.54) is 19.1 Å². The van der Waals surface area contributed by atoms with Gasteiger partial charge in [0.25, 0.3) is 5.91 Å². The molecule has 1 amide bonds. The van der Waals surface area contributed by atoms with E-state index < -0.39 is 23.6 Å². The molecule has 2 heterocycles. The molecule has 0 spiro atoms. The smallest absolute Gasteiger partial charge is 0.273 e.